The lowest BCUT2D eigenvalue weighted by molar-refractivity contribution is -0.146. The quantitative estimate of drug-likeness (QED) is 0.316. The highest BCUT2D eigenvalue weighted by molar-refractivity contribution is 6.07. The minimum absolute atomic E-state index is 0.0852. The van der Waals surface area contributed by atoms with E-state index in [4.69, 9.17) is 4.74 Å². The lowest BCUT2D eigenvalue weighted by Gasteiger charge is -2.27. The molecule has 1 aliphatic carbocycles. The monoisotopic (exact) mass is 523 g/mol. The van der Waals surface area contributed by atoms with Crippen LogP contribution in [0.15, 0.2) is 60.9 Å². The van der Waals surface area contributed by atoms with Gasteiger partial charge in [-0.3, -0.25) is 14.6 Å². The first-order valence-corrected chi connectivity index (χ1v) is 12.6. The SMILES string of the molecule is COC(=O)C1CCC(CNC(=O)c2c(C(F)(F)F)ccc3ccn(Cc4cc5ccccc5cn4)c23)CC1. The Balaban J connectivity index is 1.42. The molecule has 0 spiro atoms. The van der Waals surface area contributed by atoms with E-state index in [0.29, 0.717) is 36.8 Å². The van der Waals surface area contributed by atoms with E-state index in [1.807, 2.05) is 30.3 Å². The van der Waals surface area contributed by atoms with Crippen LogP contribution in [-0.4, -0.2) is 35.1 Å². The van der Waals surface area contributed by atoms with E-state index in [1.165, 1.54) is 13.2 Å². The Morgan fingerprint density at radius 3 is 2.47 bits per heavy atom. The van der Waals surface area contributed by atoms with Gasteiger partial charge in [-0.2, -0.15) is 13.2 Å². The fraction of sp³-hybridized carbons (Fsp3) is 0.345. The number of carbonyl (C=O) groups excluding carboxylic acids is 2. The Kier molecular flexibility index (Phi) is 7.10. The summed E-state index contributed by atoms with van der Waals surface area (Å²) in [5.41, 5.74) is -0.457. The van der Waals surface area contributed by atoms with Crippen molar-refractivity contribution >= 4 is 33.6 Å². The standard InChI is InChI=1S/C29H28F3N3O3/c1-38-28(37)20-8-6-18(7-9-20)15-34-27(36)25-24(29(30,31)32)11-10-19-12-13-35(26(19)25)17-23-14-21-4-2-3-5-22(21)16-33-23/h2-5,10-14,16,18,20H,6-9,15,17H2,1H3,(H,34,36). The molecule has 0 aliphatic heterocycles. The van der Waals surface area contributed by atoms with Crippen molar-refractivity contribution in [2.45, 2.75) is 38.4 Å². The van der Waals surface area contributed by atoms with Gasteiger partial charge < -0.3 is 14.6 Å². The zero-order valence-corrected chi connectivity index (χ0v) is 20.9. The second-order valence-electron chi connectivity index (χ2n) is 9.84. The minimum atomic E-state index is -4.70. The van der Waals surface area contributed by atoms with E-state index in [9.17, 15) is 22.8 Å². The van der Waals surface area contributed by atoms with Gasteiger partial charge >= 0.3 is 12.1 Å². The third-order valence-electron chi connectivity index (χ3n) is 7.42. The second kappa shape index (κ2) is 10.5. The second-order valence-corrected chi connectivity index (χ2v) is 9.84. The summed E-state index contributed by atoms with van der Waals surface area (Å²) >= 11 is 0. The van der Waals surface area contributed by atoms with Crippen molar-refractivity contribution in [1.29, 1.82) is 0 Å². The van der Waals surface area contributed by atoms with Crippen LogP contribution in [0.1, 0.15) is 47.3 Å². The smallest absolute Gasteiger partial charge is 0.417 e. The number of amides is 1. The Morgan fingerprint density at radius 1 is 1.03 bits per heavy atom. The number of carbonyl (C=O) groups is 2. The fourth-order valence-corrected chi connectivity index (χ4v) is 5.38. The lowest BCUT2D eigenvalue weighted by atomic mass is 9.82. The summed E-state index contributed by atoms with van der Waals surface area (Å²) in [7, 11) is 1.36. The molecular weight excluding hydrogens is 495 g/mol. The Bertz CT molecular complexity index is 1490. The number of pyridine rings is 1. The normalized spacial score (nSPS) is 18.0. The van der Waals surface area contributed by atoms with Gasteiger partial charge in [-0.1, -0.05) is 30.3 Å². The molecule has 0 radical (unpaired) electrons. The van der Waals surface area contributed by atoms with Crippen molar-refractivity contribution in [2.24, 2.45) is 11.8 Å². The van der Waals surface area contributed by atoms with Crippen LogP contribution in [0.25, 0.3) is 21.7 Å². The molecule has 6 nitrogen and oxygen atoms in total. The van der Waals surface area contributed by atoms with E-state index in [0.717, 1.165) is 16.8 Å². The van der Waals surface area contributed by atoms with Crippen LogP contribution < -0.4 is 5.32 Å². The molecule has 0 atom stereocenters. The number of ether oxygens (including phenoxy) is 1. The van der Waals surface area contributed by atoms with Gasteiger partial charge in [-0.05, 0) is 55.2 Å². The Hall–Kier alpha value is -3.88. The number of halogens is 3. The third-order valence-corrected chi connectivity index (χ3v) is 7.42. The van der Waals surface area contributed by atoms with E-state index < -0.39 is 17.6 Å². The first-order valence-electron chi connectivity index (χ1n) is 12.6. The van der Waals surface area contributed by atoms with Crippen molar-refractivity contribution in [3.05, 3.63) is 77.7 Å². The van der Waals surface area contributed by atoms with Gasteiger partial charge in [0.1, 0.15) is 0 Å². The third kappa shape index (κ3) is 5.23. The lowest BCUT2D eigenvalue weighted by Crippen LogP contribution is -2.34. The molecule has 2 aromatic heterocycles. The number of alkyl halides is 3. The zero-order chi connectivity index (χ0) is 26.9. The highest BCUT2D eigenvalue weighted by atomic mass is 19.4. The molecule has 1 aliphatic rings. The molecule has 1 N–H and O–H groups in total. The average Bonchev–Trinajstić information content (AvgIpc) is 3.33. The van der Waals surface area contributed by atoms with Gasteiger partial charge in [0.2, 0.25) is 0 Å². The molecule has 0 bridgehead atoms. The van der Waals surface area contributed by atoms with Gasteiger partial charge in [-0.25, -0.2) is 0 Å². The number of aromatic nitrogens is 2. The van der Waals surface area contributed by atoms with E-state index >= 15 is 0 Å². The zero-order valence-electron chi connectivity index (χ0n) is 20.9. The van der Waals surface area contributed by atoms with Gasteiger partial charge in [0.25, 0.3) is 5.91 Å². The van der Waals surface area contributed by atoms with Gasteiger partial charge in [0, 0.05) is 29.7 Å². The first kappa shape index (κ1) is 25.8. The van der Waals surface area contributed by atoms with Crippen LogP contribution in [0.5, 0.6) is 0 Å². The predicted molar refractivity (Wildman–Crippen MR) is 138 cm³/mol. The molecule has 0 saturated heterocycles. The number of rotatable bonds is 6. The average molecular weight is 524 g/mol. The molecule has 1 fully saturated rings. The number of benzene rings is 2. The summed E-state index contributed by atoms with van der Waals surface area (Å²) in [6.45, 7) is 0.459. The summed E-state index contributed by atoms with van der Waals surface area (Å²) in [5.74, 6) is -1.08. The summed E-state index contributed by atoms with van der Waals surface area (Å²) < 4.78 is 48.7. The minimum Gasteiger partial charge on any atom is -0.469 e. The number of hydrogen-bond acceptors (Lipinski definition) is 4. The van der Waals surface area contributed by atoms with Crippen LogP contribution in [0.4, 0.5) is 13.2 Å². The van der Waals surface area contributed by atoms with E-state index in [2.05, 4.69) is 10.3 Å². The number of nitrogens with zero attached hydrogens (tertiary/aromatic N) is 2. The molecule has 9 heteroatoms. The summed E-state index contributed by atoms with van der Waals surface area (Å²) in [6, 6.07) is 13.7. The van der Waals surface area contributed by atoms with Crippen molar-refractivity contribution in [1.82, 2.24) is 14.9 Å². The molecule has 4 aromatic rings. The highest BCUT2D eigenvalue weighted by Gasteiger charge is 2.37. The molecule has 1 saturated carbocycles. The molecule has 198 valence electrons. The van der Waals surface area contributed by atoms with Crippen LogP contribution in [0.2, 0.25) is 0 Å². The van der Waals surface area contributed by atoms with Crippen LogP contribution >= 0.6 is 0 Å². The maximum atomic E-state index is 14.1. The predicted octanol–water partition coefficient (Wildman–Crippen LogP) is 5.97. The molecule has 0 unspecified atom stereocenters. The molecule has 1 amide bonds. The molecular formula is C29H28F3N3O3. The van der Waals surface area contributed by atoms with E-state index in [1.54, 1.807) is 23.0 Å². The largest absolute Gasteiger partial charge is 0.469 e. The Labute approximate surface area is 217 Å². The number of methoxy groups -OCH3 is 1. The van der Waals surface area contributed by atoms with Gasteiger partial charge in [0.05, 0.1) is 41.9 Å². The number of nitrogens with one attached hydrogen (secondary N) is 1. The topological polar surface area (TPSA) is 73.2 Å². The summed E-state index contributed by atoms with van der Waals surface area (Å²) in [4.78, 5) is 29.6. The van der Waals surface area contributed by atoms with Crippen molar-refractivity contribution in [3.63, 3.8) is 0 Å². The van der Waals surface area contributed by atoms with Crippen molar-refractivity contribution in [2.75, 3.05) is 13.7 Å². The summed E-state index contributed by atoms with van der Waals surface area (Å²) in [6.07, 6.45) is 1.39. The van der Waals surface area contributed by atoms with Crippen LogP contribution in [0, 0.1) is 11.8 Å². The molecule has 38 heavy (non-hydrogen) atoms. The van der Waals surface area contributed by atoms with Crippen molar-refractivity contribution < 1.29 is 27.5 Å². The maximum Gasteiger partial charge on any atom is 0.417 e. The fourth-order valence-electron chi connectivity index (χ4n) is 5.38. The summed E-state index contributed by atoms with van der Waals surface area (Å²) in [5, 5.41) is 5.24. The maximum absolute atomic E-state index is 14.1. The van der Waals surface area contributed by atoms with Crippen LogP contribution in [-0.2, 0) is 22.3 Å². The van der Waals surface area contributed by atoms with Crippen LogP contribution in [0.3, 0.4) is 0 Å². The van der Waals surface area contributed by atoms with Gasteiger partial charge in [0.15, 0.2) is 0 Å². The molecule has 5 rings (SSSR count). The number of fused-ring (bicyclic) bond motifs is 2. The molecule has 2 heterocycles. The van der Waals surface area contributed by atoms with E-state index in [-0.39, 0.29) is 42.0 Å². The molecule has 2 aromatic carbocycles. The first-order chi connectivity index (χ1) is 18.2. The highest BCUT2D eigenvalue weighted by Crippen LogP contribution is 2.36. The van der Waals surface area contributed by atoms with Gasteiger partial charge in [-0.15, -0.1) is 0 Å². The number of hydrogen-bond donors (Lipinski definition) is 1. The number of esters is 1. The van der Waals surface area contributed by atoms with Crippen molar-refractivity contribution in [3.8, 4) is 0 Å². The Morgan fingerprint density at radius 2 is 1.76 bits per heavy atom.